The monoisotopic (exact) mass is 354 g/mol. The first-order valence-electron chi connectivity index (χ1n) is 5.69. The molecular formula is C14H12BrClN2S. The van der Waals surface area contributed by atoms with Gasteiger partial charge in [0.2, 0.25) is 0 Å². The van der Waals surface area contributed by atoms with Crippen molar-refractivity contribution in [2.75, 3.05) is 5.32 Å². The molecule has 2 N–H and O–H groups in total. The molecule has 0 aliphatic heterocycles. The lowest BCUT2D eigenvalue weighted by Crippen LogP contribution is -2.28. The molecule has 0 spiro atoms. The molecule has 0 amide bonds. The maximum absolute atomic E-state index is 6.05. The summed E-state index contributed by atoms with van der Waals surface area (Å²) >= 11 is 14.8. The molecular weight excluding hydrogens is 344 g/mol. The first kappa shape index (κ1) is 14.3. The Kier molecular flexibility index (Phi) is 5.19. The van der Waals surface area contributed by atoms with Gasteiger partial charge in [0.05, 0.1) is 10.7 Å². The van der Waals surface area contributed by atoms with Crippen LogP contribution in [0.5, 0.6) is 0 Å². The smallest absolute Gasteiger partial charge is 0.171 e. The molecule has 2 nitrogen and oxygen atoms in total. The predicted molar refractivity (Wildman–Crippen MR) is 88.7 cm³/mol. The zero-order chi connectivity index (χ0) is 13.7. The maximum atomic E-state index is 6.05. The fourth-order valence-electron chi connectivity index (χ4n) is 1.55. The van der Waals surface area contributed by atoms with Crippen LogP contribution >= 0.6 is 39.7 Å². The number of nitrogens with one attached hydrogen (secondary N) is 2. The average Bonchev–Trinajstić information content (AvgIpc) is 2.40. The van der Waals surface area contributed by atoms with Crippen LogP contribution in [0.15, 0.2) is 53.0 Å². The van der Waals surface area contributed by atoms with Crippen LogP contribution in [-0.2, 0) is 6.54 Å². The number of para-hydroxylation sites is 1. The molecule has 0 aliphatic rings. The molecule has 0 fully saturated rings. The summed E-state index contributed by atoms with van der Waals surface area (Å²) in [6.07, 6.45) is 0. The minimum Gasteiger partial charge on any atom is -0.358 e. The molecule has 0 atom stereocenters. The van der Waals surface area contributed by atoms with Gasteiger partial charge in [0.15, 0.2) is 5.11 Å². The van der Waals surface area contributed by atoms with Crippen molar-refractivity contribution in [2.45, 2.75) is 6.54 Å². The van der Waals surface area contributed by atoms with Gasteiger partial charge in [-0.3, -0.25) is 0 Å². The van der Waals surface area contributed by atoms with Crippen LogP contribution in [0.4, 0.5) is 5.69 Å². The Balaban J connectivity index is 1.92. The van der Waals surface area contributed by atoms with E-state index in [1.807, 2.05) is 48.5 Å². The Morgan fingerprint density at radius 1 is 1.11 bits per heavy atom. The minimum atomic E-state index is 0.545. The molecule has 19 heavy (non-hydrogen) atoms. The Labute approximate surface area is 131 Å². The van der Waals surface area contributed by atoms with E-state index in [0.29, 0.717) is 16.7 Å². The quantitative estimate of drug-likeness (QED) is 0.788. The molecule has 2 aromatic carbocycles. The van der Waals surface area contributed by atoms with Crippen molar-refractivity contribution in [1.82, 2.24) is 5.32 Å². The van der Waals surface area contributed by atoms with Crippen LogP contribution in [0, 0.1) is 0 Å². The highest BCUT2D eigenvalue weighted by atomic mass is 79.9. The number of rotatable bonds is 3. The molecule has 0 radical (unpaired) electrons. The molecule has 0 saturated heterocycles. The standard InChI is InChI=1S/C14H12BrClN2S/c15-11-6-2-1-5-10(11)9-17-14(19)18-13-8-4-3-7-12(13)16/h1-8H,9H2,(H2,17,18,19). The Hall–Kier alpha value is -1.10. The van der Waals surface area contributed by atoms with Crippen molar-refractivity contribution in [3.05, 3.63) is 63.6 Å². The van der Waals surface area contributed by atoms with E-state index in [2.05, 4.69) is 26.6 Å². The van der Waals surface area contributed by atoms with Crippen molar-refractivity contribution in [3.8, 4) is 0 Å². The number of halogens is 2. The van der Waals surface area contributed by atoms with Crippen molar-refractivity contribution in [1.29, 1.82) is 0 Å². The van der Waals surface area contributed by atoms with E-state index >= 15 is 0 Å². The van der Waals surface area contributed by atoms with E-state index in [9.17, 15) is 0 Å². The zero-order valence-electron chi connectivity index (χ0n) is 9.99. The Bertz CT molecular complexity index is 589. The van der Waals surface area contributed by atoms with E-state index in [1.165, 1.54) is 0 Å². The molecule has 0 aliphatic carbocycles. The summed E-state index contributed by atoms with van der Waals surface area (Å²) in [5.41, 5.74) is 1.94. The second-order valence-electron chi connectivity index (χ2n) is 3.88. The Morgan fingerprint density at radius 2 is 1.79 bits per heavy atom. The lowest BCUT2D eigenvalue weighted by atomic mass is 10.2. The first-order chi connectivity index (χ1) is 9.16. The highest BCUT2D eigenvalue weighted by molar-refractivity contribution is 9.10. The first-order valence-corrected chi connectivity index (χ1v) is 7.27. The van der Waals surface area contributed by atoms with Crippen LogP contribution in [0.3, 0.4) is 0 Å². The summed E-state index contributed by atoms with van der Waals surface area (Å²) in [7, 11) is 0. The summed E-state index contributed by atoms with van der Waals surface area (Å²) in [6.45, 7) is 0.651. The normalized spacial score (nSPS) is 10.0. The van der Waals surface area contributed by atoms with Crippen molar-refractivity contribution < 1.29 is 0 Å². The maximum Gasteiger partial charge on any atom is 0.171 e. The summed E-state index contributed by atoms with van der Waals surface area (Å²) < 4.78 is 1.06. The molecule has 98 valence electrons. The molecule has 2 aromatic rings. The van der Waals surface area contributed by atoms with Gasteiger partial charge in [-0.1, -0.05) is 57.9 Å². The third-order valence-electron chi connectivity index (χ3n) is 2.52. The SMILES string of the molecule is S=C(NCc1ccccc1Br)Nc1ccccc1Cl. The summed E-state index contributed by atoms with van der Waals surface area (Å²) in [6, 6.07) is 15.5. The van der Waals surface area contributed by atoms with E-state index in [1.54, 1.807) is 0 Å². The minimum absolute atomic E-state index is 0.545. The molecule has 0 unspecified atom stereocenters. The van der Waals surface area contributed by atoms with Crippen LogP contribution in [0.1, 0.15) is 5.56 Å². The van der Waals surface area contributed by atoms with Gasteiger partial charge in [0, 0.05) is 11.0 Å². The van der Waals surface area contributed by atoms with Gasteiger partial charge in [-0.2, -0.15) is 0 Å². The highest BCUT2D eigenvalue weighted by Crippen LogP contribution is 2.20. The molecule has 0 saturated carbocycles. The number of hydrogen-bond donors (Lipinski definition) is 2. The van der Waals surface area contributed by atoms with Crippen LogP contribution < -0.4 is 10.6 Å². The van der Waals surface area contributed by atoms with Gasteiger partial charge in [0.1, 0.15) is 0 Å². The number of thiocarbonyl (C=S) groups is 1. The van der Waals surface area contributed by atoms with Gasteiger partial charge >= 0.3 is 0 Å². The lowest BCUT2D eigenvalue weighted by Gasteiger charge is -2.12. The van der Waals surface area contributed by atoms with Gasteiger partial charge in [-0.25, -0.2) is 0 Å². The van der Waals surface area contributed by atoms with E-state index < -0.39 is 0 Å². The Morgan fingerprint density at radius 3 is 2.53 bits per heavy atom. The zero-order valence-corrected chi connectivity index (χ0v) is 13.1. The summed E-state index contributed by atoms with van der Waals surface area (Å²) in [4.78, 5) is 0. The second kappa shape index (κ2) is 6.89. The third kappa shape index (κ3) is 4.20. The van der Waals surface area contributed by atoms with Crippen molar-refractivity contribution in [2.24, 2.45) is 0 Å². The molecule has 2 rings (SSSR count). The van der Waals surface area contributed by atoms with Gasteiger partial charge in [0.25, 0.3) is 0 Å². The number of benzene rings is 2. The number of anilines is 1. The third-order valence-corrected chi connectivity index (χ3v) is 3.87. The fourth-order valence-corrected chi connectivity index (χ4v) is 2.34. The largest absolute Gasteiger partial charge is 0.358 e. The van der Waals surface area contributed by atoms with Crippen molar-refractivity contribution >= 4 is 50.5 Å². The van der Waals surface area contributed by atoms with Crippen molar-refractivity contribution in [3.63, 3.8) is 0 Å². The van der Waals surface area contributed by atoms with Gasteiger partial charge < -0.3 is 10.6 Å². The predicted octanol–water partition coefficient (Wildman–Crippen LogP) is 4.59. The summed E-state index contributed by atoms with van der Waals surface area (Å²) in [5.74, 6) is 0. The fraction of sp³-hybridized carbons (Fsp3) is 0.0714. The lowest BCUT2D eigenvalue weighted by molar-refractivity contribution is 0.920. The summed E-state index contributed by atoms with van der Waals surface area (Å²) in [5, 5.41) is 7.41. The highest BCUT2D eigenvalue weighted by Gasteiger charge is 2.03. The molecule has 0 aromatic heterocycles. The molecule has 0 bridgehead atoms. The molecule has 0 heterocycles. The van der Waals surface area contributed by atoms with E-state index in [4.69, 9.17) is 23.8 Å². The second-order valence-corrected chi connectivity index (χ2v) is 5.55. The van der Waals surface area contributed by atoms with E-state index in [-0.39, 0.29) is 0 Å². The van der Waals surface area contributed by atoms with Gasteiger partial charge in [-0.15, -0.1) is 0 Å². The van der Waals surface area contributed by atoms with Crippen LogP contribution in [0.25, 0.3) is 0 Å². The topological polar surface area (TPSA) is 24.1 Å². The van der Waals surface area contributed by atoms with Gasteiger partial charge in [-0.05, 0) is 36.0 Å². The van der Waals surface area contributed by atoms with Crippen LogP contribution in [-0.4, -0.2) is 5.11 Å². The molecule has 5 heteroatoms. The van der Waals surface area contributed by atoms with E-state index in [0.717, 1.165) is 15.7 Å². The number of hydrogen-bond acceptors (Lipinski definition) is 1. The average molecular weight is 356 g/mol. The van der Waals surface area contributed by atoms with Crippen LogP contribution in [0.2, 0.25) is 5.02 Å².